The lowest BCUT2D eigenvalue weighted by Crippen LogP contribution is -2.23. The topological polar surface area (TPSA) is 67.3 Å². The third kappa shape index (κ3) is 3.36. The molecule has 1 heterocycles. The highest BCUT2D eigenvalue weighted by Crippen LogP contribution is 2.25. The first kappa shape index (κ1) is 13.8. The van der Waals surface area contributed by atoms with E-state index in [4.69, 9.17) is 10.8 Å². The van der Waals surface area contributed by atoms with Crippen LogP contribution in [-0.4, -0.2) is 35.1 Å². The van der Waals surface area contributed by atoms with E-state index in [1.165, 1.54) is 0 Å². The van der Waals surface area contributed by atoms with Gasteiger partial charge in [0.2, 0.25) is 0 Å². The van der Waals surface area contributed by atoms with Crippen molar-refractivity contribution in [2.45, 2.75) is 39.7 Å². The Bertz CT molecular complexity index is 349. The summed E-state index contributed by atoms with van der Waals surface area (Å²) in [5.41, 5.74) is 7.71. The van der Waals surface area contributed by atoms with Crippen LogP contribution >= 0.6 is 0 Å². The molecule has 0 bridgehead atoms. The van der Waals surface area contributed by atoms with Crippen molar-refractivity contribution in [3.05, 3.63) is 5.69 Å². The molecule has 1 rings (SSSR count). The Morgan fingerprint density at radius 1 is 1.35 bits per heavy atom. The average Bonchev–Trinajstić information content (AvgIpc) is 2.61. The zero-order valence-corrected chi connectivity index (χ0v) is 11.1. The number of anilines is 2. The summed E-state index contributed by atoms with van der Waals surface area (Å²) >= 11 is 0. The van der Waals surface area contributed by atoms with E-state index in [0.717, 1.165) is 49.6 Å². The molecule has 98 valence electrons. The van der Waals surface area contributed by atoms with E-state index >= 15 is 0 Å². The lowest BCUT2D eigenvalue weighted by molar-refractivity contribution is 0.283. The largest absolute Gasteiger partial charge is 0.396 e. The van der Waals surface area contributed by atoms with Gasteiger partial charge in [-0.15, -0.1) is 0 Å². The third-order valence-electron chi connectivity index (χ3n) is 2.96. The number of aryl methyl sites for hydroxylation is 2. The molecule has 0 spiro atoms. The average molecular weight is 240 g/mol. The van der Waals surface area contributed by atoms with Gasteiger partial charge in [0, 0.05) is 26.7 Å². The molecule has 17 heavy (non-hydrogen) atoms. The monoisotopic (exact) mass is 240 g/mol. The first-order chi connectivity index (χ1) is 8.11. The van der Waals surface area contributed by atoms with Crippen LogP contribution in [0.25, 0.3) is 0 Å². The molecule has 0 aliphatic rings. The number of aliphatic hydroxyl groups excluding tert-OH is 1. The minimum absolute atomic E-state index is 0.276. The quantitative estimate of drug-likeness (QED) is 0.707. The molecular weight excluding hydrogens is 216 g/mol. The van der Waals surface area contributed by atoms with Gasteiger partial charge in [0.05, 0.1) is 11.4 Å². The van der Waals surface area contributed by atoms with Gasteiger partial charge in [-0.25, -0.2) is 4.68 Å². The van der Waals surface area contributed by atoms with E-state index in [0.29, 0.717) is 0 Å². The molecule has 0 saturated carbocycles. The summed E-state index contributed by atoms with van der Waals surface area (Å²) < 4.78 is 1.94. The van der Waals surface area contributed by atoms with Gasteiger partial charge in [-0.1, -0.05) is 0 Å². The maximum atomic E-state index is 8.73. The number of hydrogen-bond donors (Lipinski definition) is 2. The molecule has 0 radical (unpaired) electrons. The highest BCUT2D eigenvalue weighted by atomic mass is 16.2. The first-order valence-corrected chi connectivity index (χ1v) is 6.26. The molecule has 0 atom stereocenters. The first-order valence-electron chi connectivity index (χ1n) is 6.26. The molecule has 0 aliphatic heterocycles. The van der Waals surface area contributed by atoms with Gasteiger partial charge < -0.3 is 15.7 Å². The fourth-order valence-electron chi connectivity index (χ4n) is 1.95. The molecule has 3 N–H and O–H groups in total. The number of nitrogens with zero attached hydrogens (tertiary/aromatic N) is 3. The summed E-state index contributed by atoms with van der Waals surface area (Å²) in [6.07, 6.45) is 2.97. The summed E-state index contributed by atoms with van der Waals surface area (Å²) in [4.78, 5) is 2.15. The Balaban J connectivity index is 2.64. The Morgan fingerprint density at radius 3 is 2.65 bits per heavy atom. The van der Waals surface area contributed by atoms with E-state index in [1.54, 1.807) is 0 Å². The normalized spacial score (nSPS) is 10.8. The maximum Gasteiger partial charge on any atom is 0.150 e. The molecule has 1 aromatic rings. The SMILES string of the molecule is CCn1nc(C)c(N)c1N(C)CCCCCO. The van der Waals surface area contributed by atoms with E-state index in [9.17, 15) is 0 Å². The van der Waals surface area contributed by atoms with Crippen LogP contribution in [0.5, 0.6) is 0 Å². The molecule has 5 heteroatoms. The number of hydrogen-bond acceptors (Lipinski definition) is 4. The van der Waals surface area contributed by atoms with Crippen LogP contribution in [0.15, 0.2) is 0 Å². The van der Waals surface area contributed by atoms with Gasteiger partial charge in [0.25, 0.3) is 0 Å². The summed E-state index contributed by atoms with van der Waals surface area (Å²) in [6.45, 7) is 6.04. The Morgan fingerprint density at radius 2 is 2.06 bits per heavy atom. The highest BCUT2D eigenvalue weighted by molar-refractivity contribution is 5.65. The van der Waals surface area contributed by atoms with Crippen LogP contribution in [-0.2, 0) is 6.54 Å². The molecule has 5 nitrogen and oxygen atoms in total. The summed E-state index contributed by atoms with van der Waals surface area (Å²) in [5, 5.41) is 13.1. The zero-order valence-electron chi connectivity index (χ0n) is 11.1. The molecule has 0 aromatic carbocycles. The van der Waals surface area contributed by atoms with E-state index in [2.05, 4.69) is 16.9 Å². The van der Waals surface area contributed by atoms with Crippen molar-refractivity contribution in [2.75, 3.05) is 30.8 Å². The van der Waals surface area contributed by atoms with Crippen molar-refractivity contribution in [3.8, 4) is 0 Å². The number of nitrogens with two attached hydrogens (primary N) is 1. The Kier molecular flexibility index (Phi) is 5.28. The van der Waals surface area contributed by atoms with Crippen molar-refractivity contribution < 1.29 is 5.11 Å². The second-order valence-electron chi connectivity index (χ2n) is 4.34. The van der Waals surface area contributed by atoms with Crippen LogP contribution < -0.4 is 10.6 Å². The standard InChI is InChI=1S/C12H24N4O/c1-4-16-12(11(13)10(2)14-16)15(3)8-6-5-7-9-17/h17H,4-9,13H2,1-3H3. The van der Waals surface area contributed by atoms with E-state index in [-0.39, 0.29) is 6.61 Å². The van der Waals surface area contributed by atoms with Gasteiger partial charge in [-0.05, 0) is 33.1 Å². The molecule has 1 aromatic heterocycles. The predicted molar refractivity (Wildman–Crippen MR) is 71.3 cm³/mol. The molecule has 0 amide bonds. The third-order valence-corrected chi connectivity index (χ3v) is 2.96. The smallest absolute Gasteiger partial charge is 0.150 e. The van der Waals surface area contributed by atoms with E-state index < -0.39 is 0 Å². The van der Waals surface area contributed by atoms with Crippen LogP contribution in [0.3, 0.4) is 0 Å². The molecule has 0 saturated heterocycles. The maximum absolute atomic E-state index is 8.73. The van der Waals surface area contributed by atoms with Crippen molar-refractivity contribution in [1.82, 2.24) is 9.78 Å². The molecule has 0 fully saturated rings. The van der Waals surface area contributed by atoms with Crippen LogP contribution in [0.2, 0.25) is 0 Å². The van der Waals surface area contributed by atoms with Gasteiger partial charge >= 0.3 is 0 Å². The summed E-state index contributed by atoms with van der Waals surface area (Å²) in [6, 6.07) is 0. The fourth-order valence-corrected chi connectivity index (χ4v) is 1.95. The van der Waals surface area contributed by atoms with Gasteiger partial charge in [0.15, 0.2) is 0 Å². The highest BCUT2D eigenvalue weighted by Gasteiger charge is 2.14. The minimum atomic E-state index is 0.276. The zero-order chi connectivity index (χ0) is 12.8. The summed E-state index contributed by atoms with van der Waals surface area (Å²) in [7, 11) is 2.04. The second kappa shape index (κ2) is 6.49. The van der Waals surface area contributed by atoms with Crippen molar-refractivity contribution in [3.63, 3.8) is 0 Å². The number of nitrogen functional groups attached to an aromatic ring is 1. The molecular formula is C12H24N4O. The number of aromatic nitrogens is 2. The van der Waals surface area contributed by atoms with Crippen LogP contribution in [0, 0.1) is 6.92 Å². The Hall–Kier alpha value is -1.23. The fraction of sp³-hybridized carbons (Fsp3) is 0.750. The van der Waals surface area contributed by atoms with Crippen molar-refractivity contribution >= 4 is 11.5 Å². The van der Waals surface area contributed by atoms with Crippen molar-refractivity contribution in [2.24, 2.45) is 0 Å². The number of unbranched alkanes of at least 4 members (excludes halogenated alkanes) is 2. The van der Waals surface area contributed by atoms with Crippen LogP contribution in [0.4, 0.5) is 11.5 Å². The van der Waals surface area contributed by atoms with Crippen LogP contribution in [0.1, 0.15) is 31.9 Å². The lowest BCUT2D eigenvalue weighted by Gasteiger charge is -2.20. The van der Waals surface area contributed by atoms with Crippen molar-refractivity contribution in [1.29, 1.82) is 0 Å². The number of rotatable bonds is 7. The molecule has 0 aliphatic carbocycles. The summed E-state index contributed by atoms with van der Waals surface area (Å²) in [5.74, 6) is 1.01. The van der Waals surface area contributed by atoms with Gasteiger partial charge in [0.1, 0.15) is 5.82 Å². The second-order valence-corrected chi connectivity index (χ2v) is 4.34. The van der Waals surface area contributed by atoms with Gasteiger partial charge in [-0.2, -0.15) is 5.10 Å². The molecule has 0 unspecified atom stereocenters. The minimum Gasteiger partial charge on any atom is -0.396 e. The lowest BCUT2D eigenvalue weighted by atomic mass is 10.2. The predicted octanol–water partition coefficient (Wildman–Crippen LogP) is 1.39. The number of aliphatic hydroxyl groups is 1. The van der Waals surface area contributed by atoms with E-state index in [1.807, 2.05) is 18.7 Å². The van der Waals surface area contributed by atoms with Gasteiger partial charge in [-0.3, -0.25) is 0 Å². The Labute approximate surface area is 103 Å².